The summed E-state index contributed by atoms with van der Waals surface area (Å²) in [6.45, 7) is 6.39. The molecule has 0 amide bonds. The molecule has 0 spiro atoms. The Balaban J connectivity index is 1.90. The molecule has 0 aliphatic carbocycles. The second-order valence-electron chi connectivity index (χ2n) is 5.56. The highest BCUT2D eigenvalue weighted by Gasteiger charge is 2.06. The maximum Gasteiger partial charge on any atom is 0.0640 e. The summed E-state index contributed by atoms with van der Waals surface area (Å²) in [6, 6.07) is 15.2. The van der Waals surface area contributed by atoms with Crippen LogP contribution in [0.15, 0.2) is 42.5 Å². The molecule has 0 fully saturated rings. The lowest BCUT2D eigenvalue weighted by molar-refractivity contribution is 0.706. The number of benzene rings is 2. The van der Waals surface area contributed by atoms with Crippen molar-refractivity contribution in [2.24, 2.45) is 0 Å². The first-order valence-corrected chi connectivity index (χ1v) is 7.50. The van der Waals surface area contributed by atoms with E-state index in [0.29, 0.717) is 6.04 Å². The van der Waals surface area contributed by atoms with Gasteiger partial charge in [-0.2, -0.15) is 0 Å². The molecule has 2 aromatic rings. The lowest BCUT2D eigenvalue weighted by atomic mass is 10.0. The molecular formula is C18H22ClN. The third kappa shape index (κ3) is 4.28. The third-order valence-corrected chi connectivity index (χ3v) is 3.79. The molecule has 0 aliphatic rings. The van der Waals surface area contributed by atoms with Crippen LogP contribution in [-0.4, -0.2) is 6.04 Å². The first-order valence-electron chi connectivity index (χ1n) is 7.13. The summed E-state index contributed by atoms with van der Waals surface area (Å²) in [7, 11) is 0. The van der Waals surface area contributed by atoms with Gasteiger partial charge in [0.05, 0.1) is 10.7 Å². The van der Waals surface area contributed by atoms with Crippen molar-refractivity contribution in [2.75, 3.05) is 5.32 Å². The molecule has 0 radical (unpaired) electrons. The van der Waals surface area contributed by atoms with Gasteiger partial charge >= 0.3 is 0 Å². The maximum atomic E-state index is 6.25. The summed E-state index contributed by atoms with van der Waals surface area (Å²) >= 11 is 6.25. The first-order chi connectivity index (χ1) is 9.54. The fraction of sp³-hybridized carbons (Fsp3) is 0.333. The van der Waals surface area contributed by atoms with Crippen LogP contribution < -0.4 is 5.32 Å². The third-order valence-electron chi connectivity index (χ3n) is 3.47. The van der Waals surface area contributed by atoms with E-state index in [1.807, 2.05) is 6.07 Å². The van der Waals surface area contributed by atoms with Crippen molar-refractivity contribution in [3.05, 3.63) is 64.2 Å². The van der Waals surface area contributed by atoms with Crippen LogP contribution in [0.2, 0.25) is 5.02 Å². The number of anilines is 1. The Bertz CT molecular complexity index is 577. The molecule has 0 bridgehead atoms. The Morgan fingerprint density at radius 1 is 1.05 bits per heavy atom. The van der Waals surface area contributed by atoms with Gasteiger partial charge in [-0.25, -0.2) is 0 Å². The van der Waals surface area contributed by atoms with E-state index in [1.165, 1.54) is 16.7 Å². The zero-order chi connectivity index (χ0) is 14.5. The molecular weight excluding hydrogens is 266 g/mol. The van der Waals surface area contributed by atoms with E-state index in [0.717, 1.165) is 23.6 Å². The van der Waals surface area contributed by atoms with Crippen molar-refractivity contribution >= 4 is 17.3 Å². The SMILES string of the molecule is Cc1cccc(CCC(C)Nc2ccc(C)cc2Cl)c1. The summed E-state index contributed by atoms with van der Waals surface area (Å²) < 4.78 is 0. The van der Waals surface area contributed by atoms with Gasteiger partial charge in [-0.15, -0.1) is 0 Å². The lowest BCUT2D eigenvalue weighted by Crippen LogP contribution is -2.16. The van der Waals surface area contributed by atoms with Gasteiger partial charge in [0.1, 0.15) is 0 Å². The van der Waals surface area contributed by atoms with Crippen LogP contribution >= 0.6 is 11.6 Å². The van der Waals surface area contributed by atoms with Gasteiger partial charge in [0, 0.05) is 6.04 Å². The predicted octanol–water partition coefficient (Wildman–Crippen LogP) is 5.39. The first kappa shape index (κ1) is 14.9. The van der Waals surface area contributed by atoms with Gasteiger partial charge < -0.3 is 5.32 Å². The molecule has 0 heterocycles. The average Bonchev–Trinajstić information content (AvgIpc) is 2.40. The van der Waals surface area contributed by atoms with E-state index in [9.17, 15) is 0 Å². The molecule has 20 heavy (non-hydrogen) atoms. The number of hydrogen-bond donors (Lipinski definition) is 1. The molecule has 0 aliphatic heterocycles. The van der Waals surface area contributed by atoms with Gasteiger partial charge in [0.2, 0.25) is 0 Å². The van der Waals surface area contributed by atoms with Crippen molar-refractivity contribution in [1.82, 2.24) is 0 Å². The Morgan fingerprint density at radius 2 is 1.80 bits per heavy atom. The minimum absolute atomic E-state index is 0.399. The van der Waals surface area contributed by atoms with E-state index in [4.69, 9.17) is 11.6 Å². The van der Waals surface area contributed by atoms with E-state index in [2.05, 4.69) is 62.5 Å². The summed E-state index contributed by atoms with van der Waals surface area (Å²) in [6.07, 6.45) is 2.17. The fourth-order valence-electron chi connectivity index (χ4n) is 2.33. The number of rotatable bonds is 5. The fourth-order valence-corrected chi connectivity index (χ4v) is 2.62. The van der Waals surface area contributed by atoms with Gasteiger partial charge in [-0.3, -0.25) is 0 Å². The molecule has 1 N–H and O–H groups in total. The highest BCUT2D eigenvalue weighted by molar-refractivity contribution is 6.33. The maximum absolute atomic E-state index is 6.25. The van der Waals surface area contributed by atoms with Crippen molar-refractivity contribution < 1.29 is 0 Å². The Hall–Kier alpha value is -1.47. The highest BCUT2D eigenvalue weighted by Crippen LogP contribution is 2.24. The summed E-state index contributed by atoms with van der Waals surface area (Å²) in [5.74, 6) is 0. The molecule has 1 atom stereocenters. The molecule has 106 valence electrons. The monoisotopic (exact) mass is 287 g/mol. The molecule has 1 unspecified atom stereocenters. The second-order valence-corrected chi connectivity index (χ2v) is 5.96. The van der Waals surface area contributed by atoms with Crippen LogP contribution in [0.5, 0.6) is 0 Å². The molecule has 0 saturated heterocycles. The van der Waals surface area contributed by atoms with Crippen molar-refractivity contribution in [1.29, 1.82) is 0 Å². The summed E-state index contributed by atoms with van der Waals surface area (Å²) in [5.41, 5.74) is 4.93. The van der Waals surface area contributed by atoms with Crippen LogP contribution in [0.1, 0.15) is 30.0 Å². The Kier molecular flexibility index (Phi) is 5.08. The van der Waals surface area contributed by atoms with Crippen molar-refractivity contribution in [3.63, 3.8) is 0 Å². The molecule has 2 heteroatoms. The number of hydrogen-bond acceptors (Lipinski definition) is 1. The van der Waals surface area contributed by atoms with Crippen LogP contribution in [-0.2, 0) is 6.42 Å². The molecule has 2 aromatic carbocycles. The topological polar surface area (TPSA) is 12.0 Å². The molecule has 0 saturated carbocycles. The Labute approximate surface area is 127 Å². The van der Waals surface area contributed by atoms with E-state index >= 15 is 0 Å². The minimum atomic E-state index is 0.399. The van der Waals surface area contributed by atoms with Crippen molar-refractivity contribution in [2.45, 2.75) is 39.7 Å². The Morgan fingerprint density at radius 3 is 2.50 bits per heavy atom. The largest absolute Gasteiger partial charge is 0.381 e. The number of nitrogens with one attached hydrogen (secondary N) is 1. The van der Waals surface area contributed by atoms with Crippen molar-refractivity contribution in [3.8, 4) is 0 Å². The van der Waals surface area contributed by atoms with E-state index < -0.39 is 0 Å². The smallest absolute Gasteiger partial charge is 0.0640 e. The normalized spacial score (nSPS) is 12.2. The average molecular weight is 288 g/mol. The zero-order valence-corrected chi connectivity index (χ0v) is 13.2. The van der Waals surface area contributed by atoms with Crippen LogP contribution in [0.3, 0.4) is 0 Å². The summed E-state index contributed by atoms with van der Waals surface area (Å²) in [4.78, 5) is 0. The standard InChI is InChI=1S/C18H22ClN/c1-13-5-4-6-16(11-13)9-8-15(3)20-18-10-7-14(2)12-17(18)19/h4-7,10-12,15,20H,8-9H2,1-3H3. The van der Waals surface area contributed by atoms with Gasteiger partial charge in [-0.1, -0.05) is 47.5 Å². The van der Waals surface area contributed by atoms with E-state index in [1.54, 1.807) is 0 Å². The molecule has 1 nitrogen and oxygen atoms in total. The van der Waals surface area contributed by atoms with Gasteiger partial charge in [0.25, 0.3) is 0 Å². The van der Waals surface area contributed by atoms with Crippen LogP contribution in [0.25, 0.3) is 0 Å². The number of aryl methyl sites for hydroxylation is 3. The predicted molar refractivity (Wildman–Crippen MR) is 88.8 cm³/mol. The summed E-state index contributed by atoms with van der Waals surface area (Å²) in [5, 5.41) is 4.29. The zero-order valence-electron chi connectivity index (χ0n) is 12.4. The van der Waals surface area contributed by atoms with E-state index in [-0.39, 0.29) is 0 Å². The second kappa shape index (κ2) is 6.81. The highest BCUT2D eigenvalue weighted by atomic mass is 35.5. The van der Waals surface area contributed by atoms with Crippen LogP contribution in [0.4, 0.5) is 5.69 Å². The number of halogens is 1. The lowest BCUT2D eigenvalue weighted by Gasteiger charge is -2.16. The van der Waals surface area contributed by atoms with Crippen LogP contribution in [0, 0.1) is 13.8 Å². The molecule has 0 aromatic heterocycles. The van der Waals surface area contributed by atoms with Gasteiger partial charge in [-0.05, 0) is 56.9 Å². The molecule has 2 rings (SSSR count). The van der Waals surface area contributed by atoms with Gasteiger partial charge in [0.15, 0.2) is 0 Å². The quantitative estimate of drug-likeness (QED) is 0.777. The minimum Gasteiger partial charge on any atom is -0.381 e.